The Morgan fingerprint density at radius 1 is 1.19 bits per heavy atom. The number of benzene rings is 1. The van der Waals surface area contributed by atoms with Gasteiger partial charge < -0.3 is 4.74 Å². The highest BCUT2D eigenvalue weighted by Crippen LogP contribution is 2.34. The number of aromatic nitrogens is 1. The number of pyridine rings is 1. The Morgan fingerprint density at radius 3 is 2.38 bits per heavy atom. The number of esters is 1. The maximum absolute atomic E-state index is 12.9. The molecule has 21 heavy (non-hydrogen) atoms. The molecule has 0 aliphatic carbocycles. The van der Waals surface area contributed by atoms with Crippen molar-refractivity contribution in [2.75, 3.05) is 0 Å². The summed E-state index contributed by atoms with van der Waals surface area (Å²) in [7, 11) is 0.817. The fraction of sp³-hybridized carbons (Fsp3) is 0.0769. The van der Waals surface area contributed by atoms with E-state index in [1.807, 2.05) is 0 Å². The molecule has 0 saturated heterocycles. The zero-order valence-electron chi connectivity index (χ0n) is 10.7. The summed E-state index contributed by atoms with van der Waals surface area (Å²) in [6, 6.07) is 7.16. The number of carbonyl (C=O) groups is 1. The Balaban J connectivity index is 2.37. The van der Waals surface area contributed by atoms with Crippen molar-refractivity contribution in [1.29, 1.82) is 0 Å². The number of carbonyl (C=O) groups excluding carboxylic acids is 1. The van der Waals surface area contributed by atoms with Crippen LogP contribution >= 0.6 is 11.6 Å². The molecule has 0 spiro atoms. The highest BCUT2D eigenvalue weighted by atomic mass is 35.5. The molecule has 2 aromatic rings. The Kier molecular flexibility index (Phi) is 4.34. The van der Waals surface area contributed by atoms with Crippen molar-refractivity contribution in [3.8, 4) is 5.75 Å². The Labute approximate surface area is 126 Å². The van der Waals surface area contributed by atoms with Gasteiger partial charge in [0.05, 0.1) is 5.56 Å². The molecular weight excluding hydrogens is 323 g/mol. The third-order valence-corrected chi connectivity index (χ3v) is 3.60. The van der Waals surface area contributed by atoms with E-state index in [9.17, 15) is 18.0 Å². The summed E-state index contributed by atoms with van der Waals surface area (Å²) in [5, 5.41) is 0.513. The van der Waals surface area contributed by atoms with Crippen LogP contribution in [0.4, 0.5) is 13.2 Å². The van der Waals surface area contributed by atoms with Crippen LogP contribution in [0.2, 0.25) is 5.15 Å². The molecule has 1 aromatic carbocycles. The van der Waals surface area contributed by atoms with Crippen LogP contribution in [-0.4, -0.2) is 21.2 Å². The molecule has 0 aliphatic heterocycles. The second kappa shape index (κ2) is 5.86. The van der Waals surface area contributed by atoms with Crippen molar-refractivity contribution in [3.05, 3.63) is 52.8 Å². The summed E-state index contributed by atoms with van der Waals surface area (Å²) < 4.78 is 43.6. The third kappa shape index (κ3) is 3.62. The molecule has 0 bridgehead atoms. The van der Waals surface area contributed by atoms with Crippen molar-refractivity contribution >= 4 is 33.0 Å². The normalized spacial score (nSPS) is 11.4. The van der Waals surface area contributed by atoms with Gasteiger partial charge in [0.15, 0.2) is 0 Å². The molecule has 3 nitrogen and oxygen atoms in total. The standard InChI is InChI=1S/C13H9ClF3NO2Si/c14-11-10(9(5-6-18-11)13(15,16)17)12(19)20-7-1-3-8(21)4-2-7/h1-6H,21H3. The largest absolute Gasteiger partial charge is 0.423 e. The molecule has 0 atom stereocenters. The molecule has 1 aromatic heterocycles. The number of hydrogen-bond donors (Lipinski definition) is 0. The van der Waals surface area contributed by atoms with Crippen LogP contribution in [0.1, 0.15) is 15.9 Å². The van der Waals surface area contributed by atoms with E-state index in [2.05, 4.69) is 4.98 Å². The SMILES string of the molecule is O=C(Oc1ccc([SiH3])cc1)c1c(C(F)(F)F)ccnc1Cl. The highest BCUT2D eigenvalue weighted by molar-refractivity contribution is 6.33. The van der Waals surface area contributed by atoms with Crippen molar-refractivity contribution in [2.24, 2.45) is 0 Å². The first kappa shape index (κ1) is 15.5. The van der Waals surface area contributed by atoms with Crippen molar-refractivity contribution < 1.29 is 22.7 Å². The van der Waals surface area contributed by atoms with E-state index in [4.69, 9.17) is 16.3 Å². The van der Waals surface area contributed by atoms with Crippen LogP contribution in [0.15, 0.2) is 36.5 Å². The number of nitrogens with zero attached hydrogens (tertiary/aromatic N) is 1. The highest BCUT2D eigenvalue weighted by Gasteiger charge is 2.37. The van der Waals surface area contributed by atoms with Gasteiger partial charge in [-0.3, -0.25) is 0 Å². The molecule has 1 heterocycles. The lowest BCUT2D eigenvalue weighted by molar-refractivity contribution is -0.138. The summed E-state index contributed by atoms with van der Waals surface area (Å²) in [4.78, 5) is 15.4. The fourth-order valence-electron chi connectivity index (χ4n) is 1.63. The first-order valence-electron chi connectivity index (χ1n) is 5.79. The molecule has 0 unspecified atom stereocenters. The summed E-state index contributed by atoms with van der Waals surface area (Å²) in [5.41, 5.74) is -1.96. The average molecular weight is 332 g/mol. The number of alkyl halides is 3. The monoisotopic (exact) mass is 331 g/mol. The van der Waals surface area contributed by atoms with Crippen LogP contribution in [0, 0.1) is 0 Å². The molecule has 110 valence electrons. The van der Waals surface area contributed by atoms with Gasteiger partial charge in [0.1, 0.15) is 16.5 Å². The summed E-state index contributed by atoms with van der Waals surface area (Å²) in [6.07, 6.45) is -3.84. The summed E-state index contributed by atoms with van der Waals surface area (Å²) >= 11 is 5.62. The van der Waals surface area contributed by atoms with Crippen LogP contribution in [0.25, 0.3) is 0 Å². The summed E-state index contributed by atoms with van der Waals surface area (Å²) in [5.74, 6) is -1.05. The van der Waals surface area contributed by atoms with Gasteiger partial charge in [-0.05, 0) is 18.2 Å². The predicted octanol–water partition coefficient (Wildman–Crippen LogP) is 1.96. The second-order valence-electron chi connectivity index (χ2n) is 4.22. The fourth-order valence-corrected chi connectivity index (χ4v) is 2.20. The Hall–Kier alpha value is -1.86. The van der Waals surface area contributed by atoms with Gasteiger partial charge in [0.2, 0.25) is 0 Å². The molecule has 8 heteroatoms. The topological polar surface area (TPSA) is 39.2 Å². The van der Waals surface area contributed by atoms with Crippen molar-refractivity contribution in [2.45, 2.75) is 6.18 Å². The van der Waals surface area contributed by atoms with E-state index >= 15 is 0 Å². The van der Waals surface area contributed by atoms with Gasteiger partial charge in [-0.15, -0.1) is 0 Å². The number of rotatable bonds is 2. The minimum Gasteiger partial charge on any atom is -0.423 e. The summed E-state index contributed by atoms with van der Waals surface area (Å²) in [6.45, 7) is 0. The number of hydrogen-bond acceptors (Lipinski definition) is 3. The minimum atomic E-state index is -4.72. The third-order valence-electron chi connectivity index (χ3n) is 2.65. The van der Waals surface area contributed by atoms with E-state index < -0.39 is 28.4 Å². The van der Waals surface area contributed by atoms with Crippen molar-refractivity contribution in [3.63, 3.8) is 0 Å². The van der Waals surface area contributed by atoms with E-state index in [0.717, 1.165) is 21.6 Å². The van der Waals surface area contributed by atoms with Gasteiger partial charge in [-0.1, -0.05) is 28.9 Å². The first-order chi connectivity index (χ1) is 9.79. The smallest absolute Gasteiger partial charge is 0.417 e. The van der Waals surface area contributed by atoms with E-state index in [-0.39, 0.29) is 5.75 Å². The molecule has 2 rings (SSSR count). The molecule has 0 aliphatic rings. The van der Waals surface area contributed by atoms with Gasteiger partial charge in [0.25, 0.3) is 0 Å². The van der Waals surface area contributed by atoms with Gasteiger partial charge in [0, 0.05) is 16.4 Å². The zero-order valence-corrected chi connectivity index (χ0v) is 13.5. The van der Waals surface area contributed by atoms with Crippen LogP contribution in [0.3, 0.4) is 0 Å². The maximum Gasteiger partial charge on any atom is 0.417 e. The molecule has 0 amide bonds. The maximum atomic E-state index is 12.9. The average Bonchev–Trinajstić information content (AvgIpc) is 2.40. The Bertz CT molecular complexity index is 674. The number of ether oxygens (including phenoxy) is 1. The molecule has 0 fully saturated rings. The quantitative estimate of drug-likeness (QED) is 0.365. The lowest BCUT2D eigenvalue weighted by Gasteiger charge is -2.12. The molecule has 0 N–H and O–H groups in total. The van der Waals surface area contributed by atoms with E-state index in [0.29, 0.717) is 6.07 Å². The van der Waals surface area contributed by atoms with Crippen LogP contribution in [-0.2, 0) is 6.18 Å². The number of halogens is 4. The molecular formula is C13H9ClF3NO2Si. The predicted molar refractivity (Wildman–Crippen MR) is 75.2 cm³/mol. The van der Waals surface area contributed by atoms with E-state index in [1.165, 1.54) is 12.1 Å². The lowest BCUT2D eigenvalue weighted by atomic mass is 10.1. The first-order valence-corrected chi connectivity index (χ1v) is 7.17. The Morgan fingerprint density at radius 2 is 1.81 bits per heavy atom. The lowest BCUT2D eigenvalue weighted by Crippen LogP contribution is -2.18. The van der Waals surface area contributed by atoms with Gasteiger partial charge in [-0.25, -0.2) is 9.78 Å². The van der Waals surface area contributed by atoms with Crippen molar-refractivity contribution in [1.82, 2.24) is 4.98 Å². The zero-order chi connectivity index (χ0) is 15.6. The minimum absolute atomic E-state index is 0.146. The van der Waals surface area contributed by atoms with E-state index in [1.54, 1.807) is 12.1 Å². The molecule has 0 saturated carbocycles. The van der Waals surface area contributed by atoms with Crippen LogP contribution in [0.5, 0.6) is 5.75 Å². The second-order valence-corrected chi connectivity index (χ2v) is 5.74. The van der Waals surface area contributed by atoms with Gasteiger partial charge in [-0.2, -0.15) is 13.2 Å². The van der Waals surface area contributed by atoms with Crippen LogP contribution < -0.4 is 9.92 Å². The molecule has 0 radical (unpaired) electrons. The van der Waals surface area contributed by atoms with Gasteiger partial charge >= 0.3 is 12.1 Å².